The first-order valence-electron chi connectivity index (χ1n) is 7.12. The highest BCUT2D eigenvalue weighted by Crippen LogP contribution is 2.32. The van der Waals surface area contributed by atoms with Gasteiger partial charge < -0.3 is 5.73 Å². The van der Waals surface area contributed by atoms with E-state index in [4.69, 9.17) is 5.73 Å². The molecule has 0 unspecified atom stereocenters. The minimum absolute atomic E-state index is 0.575. The maximum absolute atomic E-state index is 5.83. The Bertz CT molecular complexity index is 551. The number of anilines is 1. The number of nitrogens with two attached hydrogens (primary N) is 1. The van der Waals surface area contributed by atoms with Crippen molar-refractivity contribution in [1.29, 1.82) is 0 Å². The molecule has 0 radical (unpaired) electrons. The topological polar surface area (TPSA) is 43.8 Å². The summed E-state index contributed by atoms with van der Waals surface area (Å²) in [6.45, 7) is 2.34. The molecule has 100 valence electrons. The van der Waals surface area contributed by atoms with E-state index in [1.807, 2.05) is 24.4 Å². The summed E-state index contributed by atoms with van der Waals surface area (Å²) in [4.78, 5) is 0. The molecule has 0 aliphatic heterocycles. The summed E-state index contributed by atoms with van der Waals surface area (Å²) in [5, 5.41) is 4.55. The second-order valence-electron chi connectivity index (χ2n) is 5.75. The number of hydrogen-bond acceptors (Lipinski definition) is 2. The van der Waals surface area contributed by atoms with Crippen molar-refractivity contribution in [3.63, 3.8) is 0 Å². The highest BCUT2D eigenvalue weighted by molar-refractivity contribution is 5.65. The molecule has 2 N–H and O–H groups in total. The molecule has 1 heterocycles. The molecule has 2 aromatic rings. The second-order valence-corrected chi connectivity index (χ2v) is 5.75. The first-order chi connectivity index (χ1) is 9.22. The fraction of sp³-hybridized carbons (Fsp3) is 0.438. The predicted octanol–water partition coefficient (Wildman–Crippen LogP) is 3.88. The van der Waals surface area contributed by atoms with Crippen LogP contribution in [0.25, 0.3) is 11.1 Å². The van der Waals surface area contributed by atoms with Crippen LogP contribution in [0.1, 0.15) is 38.6 Å². The Morgan fingerprint density at radius 3 is 2.68 bits per heavy atom. The van der Waals surface area contributed by atoms with E-state index in [2.05, 4.69) is 29.0 Å². The molecule has 0 amide bonds. The standard InChI is InChI=1S/C16H21N3/c1-12-5-7-16(8-6-12)19-11-14(10-18-19)13-3-2-4-15(17)9-13/h2-4,9-12,16H,5-8,17H2,1H3. The van der Waals surface area contributed by atoms with Crippen LogP contribution in [0, 0.1) is 5.92 Å². The molecule has 1 aliphatic rings. The second kappa shape index (κ2) is 5.08. The van der Waals surface area contributed by atoms with Gasteiger partial charge in [0.05, 0.1) is 12.2 Å². The van der Waals surface area contributed by atoms with Crippen LogP contribution in [0.5, 0.6) is 0 Å². The van der Waals surface area contributed by atoms with E-state index < -0.39 is 0 Å². The minimum Gasteiger partial charge on any atom is -0.399 e. The van der Waals surface area contributed by atoms with Gasteiger partial charge in [0.2, 0.25) is 0 Å². The van der Waals surface area contributed by atoms with Crippen molar-refractivity contribution in [2.75, 3.05) is 5.73 Å². The molecule has 0 saturated heterocycles. The lowest BCUT2D eigenvalue weighted by molar-refractivity contribution is 0.274. The molecule has 1 fully saturated rings. The lowest BCUT2D eigenvalue weighted by atomic mass is 9.87. The first kappa shape index (κ1) is 12.3. The van der Waals surface area contributed by atoms with Crippen LogP contribution in [0.4, 0.5) is 5.69 Å². The van der Waals surface area contributed by atoms with Crippen LogP contribution in [0.2, 0.25) is 0 Å². The zero-order valence-electron chi connectivity index (χ0n) is 11.4. The summed E-state index contributed by atoms with van der Waals surface area (Å²) >= 11 is 0. The normalized spacial score (nSPS) is 23.4. The zero-order chi connectivity index (χ0) is 13.2. The van der Waals surface area contributed by atoms with Gasteiger partial charge in [-0.1, -0.05) is 19.1 Å². The van der Waals surface area contributed by atoms with E-state index in [0.717, 1.165) is 22.7 Å². The summed E-state index contributed by atoms with van der Waals surface area (Å²) in [5.74, 6) is 0.875. The third-order valence-electron chi connectivity index (χ3n) is 4.18. The van der Waals surface area contributed by atoms with Gasteiger partial charge in [-0.25, -0.2) is 0 Å². The van der Waals surface area contributed by atoms with Crippen LogP contribution >= 0.6 is 0 Å². The molecule has 0 atom stereocenters. The largest absolute Gasteiger partial charge is 0.399 e. The third-order valence-corrected chi connectivity index (χ3v) is 4.18. The molecule has 19 heavy (non-hydrogen) atoms. The van der Waals surface area contributed by atoms with Crippen molar-refractivity contribution in [2.45, 2.75) is 38.6 Å². The Morgan fingerprint density at radius 2 is 1.95 bits per heavy atom. The highest BCUT2D eigenvalue weighted by atomic mass is 15.3. The van der Waals surface area contributed by atoms with Gasteiger partial charge in [0.25, 0.3) is 0 Å². The molecular weight excluding hydrogens is 234 g/mol. The highest BCUT2D eigenvalue weighted by Gasteiger charge is 2.20. The quantitative estimate of drug-likeness (QED) is 0.827. The van der Waals surface area contributed by atoms with Gasteiger partial charge in [0, 0.05) is 17.4 Å². The molecule has 0 spiro atoms. The molecule has 1 aromatic heterocycles. The third kappa shape index (κ3) is 2.65. The Labute approximate surface area is 114 Å². The van der Waals surface area contributed by atoms with Crippen molar-refractivity contribution in [1.82, 2.24) is 9.78 Å². The molecule has 0 bridgehead atoms. The SMILES string of the molecule is CC1CCC(n2cc(-c3cccc(N)c3)cn2)CC1. The number of benzene rings is 1. The van der Waals surface area contributed by atoms with Gasteiger partial charge in [0.1, 0.15) is 0 Å². The van der Waals surface area contributed by atoms with Gasteiger partial charge in [-0.15, -0.1) is 0 Å². The molecule has 3 nitrogen and oxygen atoms in total. The Hall–Kier alpha value is -1.77. The maximum atomic E-state index is 5.83. The average Bonchev–Trinajstić information content (AvgIpc) is 2.89. The van der Waals surface area contributed by atoms with Crippen molar-refractivity contribution < 1.29 is 0 Å². The summed E-state index contributed by atoms with van der Waals surface area (Å²) in [5.41, 5.74) is 8.94. The lowest BCUT2D eigenvalue weighted by Gasteiger charge is -2.26. The van der Waals surface area contributed by atoms with Crippen molar-refractivity contribution in [2.24, 2.45) is 5.92 Å². The van der Waals surface area contributed by atoms with Gasteiger partial charge in [-0.3, -0.25) is 4.68 Å². The average molecular weight is 255 g/mol. The summed E-state index contributed by atoms with van der Waals surface area (Å²) in [7, 11) is 0. The fourth-order valence-electron chi connectivity index (χ4n) is 2.91. The van der Waals surface area contributed by atoms with Gasteiger partial charge in [-0.2, -0.15) is 5.10 Å². The Kier molecular flexibility index (Phi) is 3.28. The van der Waals surface area contributed by atoms with E-state index in [1.54, 1.807) is 0 Å². The van der Waals surface area contributed by atoms with E-state index in [1.165, 1.54) is 25.7 Å². The molecule has 1 aliphatic carbocycles. The first-order valence-corrected chi connectivity index (χ1v) is 7.12. The summed E-state index contributed by atoms with van der Waals surface area (Å²) in [6, 6.07) is 8.57. The summed E-state index contributed by atoms with van der Waals surface area (Å²) < 4.78 is 2.14. The van der Waals surface area contributed by atoms with Crippen molar-refractivity contribution >= 4 is 5.69 Å². The zero-order valence-corrected chi connectivity index (χ0v) is 11.4. The van der Waals surface area contributed by atoms with Crippen LogP contribution in [-0.2, 0) is 0 Å². The van der Waals surface area contributed by atoms with Gasteiger partial charge >= 0.3 is 0 Å². The van der Waals surface area contributed by atoms with Crippen LogP contribution in [0.15, 0.2) is 36.7 Å². The van der Waals surface area contributed by atoms with E-state index in [9.17, 15) is 0 Å². The van der Waals surface area contributed by atoms with Crippen molar-refractivity contribution in [3.8, 4) is 11.1 Å². The number of hydrogen-bond donors (Lipinski definition) is 1. The van der Waals surface area contributed by atoms with Crippen LogP contribution < -0.4 is 5.73 Å². The van der Waals surface area contributed by atoms with Gasteiger partial charge in [-0.05, 0) is 49.3 Å². The molecular formula is C16H21N3. The number of aromatic nitrogens is 2. The number of nitrogens with zero attached hydrogens (tertiary/aromatic N) is 2. The minimum atomic E-state index is 0.575. The fourth-order valence-corrected chi connectivity index (χ4v) is 2.91. The molecule has 3 rings (SSSR count). The Morgan fingerprint density at radius 1 is 1.16 bits per heavy atom. The summed E-state index contributed by atoms with van der Waals surface area (Å²) in [6.07, 6.45) is 9.25. The molecule has 1 saturated carbocycles. The van der Waals surface area contributed by atoms with Gasteiger partial charge in [0.15, 0.2) is 0 Å². The maximum Gasteiger partial charge on any atom is 0.0568 e. The van der Waals surface area contributed by atoms with Crippen LogP contribution in [0.3, 0.4) is 0 Å². The van der Waals surface area contributed by atoms with E-state index in [0.29, 0.717) is 6.04 Å². The van der Waals surface area contributed by atoms with E-state index >= 15 is 0 Å². The van der Waals surface area contributed by atoms with Crippen LogP contribution in [-0.4, -0.2) is 9.78 Å². The lowest BCUT2D eigenvalue weighted by Crippen LogP contribution is -2.16. The molecule has 3 heteroatoms. The smallest absolute Gasteiger partial charge is 0.0568 e. The Balaban J connectivity index is 1.80. The predicted molar refractivity (Wildman–Crippen MR) is 78.7 cm³/mol. The van der Waals surface area contributed by atoms with Crippen molar-refractivity contribution in [3.05, 3.63) is 36.7 Å². The van der Waals surface area contributed by atoms with E-state index in [-0.39, 0.29) is 0 Å². The monoisotopic (exact) mass is 255 g/mol. The number of nitrogen functional groups attached to an aromatic ring is 1. The number of rotatable bonds is 2. The molecule has 1 aromatic carbocycles.